The molecule has 1 aromatic rings. The fourth-order valence-corrected chi connectivity index (χ4v) is 5.49. The third-order valence-corrected chi connectivity index (χ3v) is 6.00. The van der Waals surface area contributed by atoms with Crippen molar-refractivity contribution in [2.24, 2.45) is 5.92 Å². The zero-order chi connectivity index (χ0) is 11.9. The molecule has 4 aliphatic rings. The molecule has 5 unspecified atom stereocenters. The standard InChI is InChI=1S/C16H19NO/c1-9-11-5-3-7-14-16(11)8-12(17-9)10-4-2-6-13(18-14)15(10)16/h2,4,6,9,11-12,14,17H,3,5,7-8H2,1H3. The second-order valence-electron chi connectivity index (χ2n) is 6.62. The number of ether oxygens (including phenoxy) is 1. The van der Waals surface area contributed by atoms with Gasteiger partial charge in [0.05, 0.1) is 0 Å². The van der Waals surface area contributed by atoms with Crippen molar-refractivity contribution >= 4 is 0 Å². The van der Waals surface area contributed by atoms with E-state index >= 15 is 0 Å². The van der Waals surface area contributed by atoms with Crippen molar-refractivity contribution in [1.82, 2.24) is 5.32 Å². The lowest BCUT2D eigenvalue weighted by Crippen LogP contribution is -2.57. The van der Waals surface area contributed by atoms with Crippen LogP contribution in [0.3, 0.4) is 0 Å². The molecule has 1 saturated heterocycles. The first kappa shape index (κ1) is 9.85. The Labute approximate surface area is 108 Å². The largest absolute Gasteiger partial charge is 0.489 e. The molecular weight excluding hydrogens is 222 g/mol. The molecule has 2 aliphatic carbocycles. The van der Waals surface area contributed by atoms with Gasteiger partial charge in [0, 0.05) is 23.1 Å². The van der Waals surface area contributed by atoms with Crippen LogP contribution in [0, 0.1) is 5.92 Å². The lowest BCUT2D eigenvalue weighted by molar-refractivity contribution is 0.00864. The highest BCUT2D eigenvalue weighted by Gasteiger charge is 2.64. The van der Waals surface area contributed by atoms with E-state index in [0.29, 0.717) is 23.6 Å². The number of piperidine rings is 1. The van der Waals surface area contributed by atoms with E-state index in [1.54, 1.807) is 5.56 Å². The van der Waals surface area contributed by atoms with Gasteiger partial charge in [-0.3, -0.25) is 0 Å². The monoisotopic (exact) mass is 241 g/mol. The second-order valence-corrected chi connectivity index (χ2v) is 6.62. The average molecular weight is 241 g/mol. The van der Waals surface area contributed by atoms with Gasteiger partial charge < -0.3 is 10.1 Å². The molecule has 1 spiro atoms. The van der Waals surface area contributed by atoms with Gasteiger partial charge in [-0.05, 0) is 50.2 Å². The number of hydrogen-bond acceptors (Lipinski definition) is 2. The van der Waals surface area contributed by atoms with Crippen LogP contribution in [0.15, 0.2) is 18.2 Å². The maximum absolute atomic E-state index is 6.32. The number of benzene rings is 1. The van der Waals surface area contributed by atoms with Gasteiger partial charge in [0.15, 0.2) is 0 Å². The van der Waals surface area contributed by atoms with Crippen molar-refractivity contribution in [3.8, 4) is 5.75 Å². The Morgan fingerprint density at radius 3 is 3.22 bits per heavy atom. The van der Waals surface area contributed by atoms with Gasteiger partial charge in [-0.25, -0.2) is 0 Å². The minimum atomic E-state index is 0.361. The molecule has 0 aromatic heterocycles. The van der Waals surface area contributed by atoms with Gasteiger partial charge in [-0.2, -0.15) is 0 Å². The van der Waals surface area contributed by atoms with Crippen molar-refractivity contribution in [3.05, 3.63) is 29.3 Å². The second kappa shape index (κ2) is 2.93. The first-order valence-electron chi connectivity index (χ1n) is 7.37. The van der Waals surface area contributed by atoms with E-state index in [9.17, 15) is 0 Å². The Morgan fingerprint density at radius 1 is 1.33 bits per heavy atom. The summed E-state index contributed by atoms with van der Waals surface area (Å²) in [7, 11) is 0. The summed E-state index contributed by atoms with van der Waals surface area (Å²) in [6.45, 7) is 2.38. The molecule has 94 valence electrons. The van der Waals surface area contributed by atoms with Gasteiger partial charge in [0.25, 0.3) is 0 Å². The fourth-order valence-electron chi connectivity index (χ4n) is 5.49. The SMILES string of the molecule is CC1NC2CC34c5c(cccc52)OC3CCCC14. The van der Waals surface area contributed by atoms with Crippen LogP contribution in [-0.2, 0) is 5.41 Å². The lowest BCUT2D eigenvalue weighted by atomic mass is 9.59. The van der Waals surface area contributed by atoms with E-state index in [1.165, 1.54) is 37.0 Å². The number of hydrogen-bond donors (Lipinski definition) is 1. The maximum Gasteiger partial charge on any atom is 0.124 e. The summed E-state index contributed by atoms with van der Waals surface area (Å²) in [5, 5.41) is 3.85. The molecule has 2 heterocycles. The Balaban J connectivity index is 1.84. The van der Waals surface area contributed by atoms with Crippen molar-refractivity contribution < 1.29 is 4.74 Å². The van der Waals surface area contributed by atoms with Crippen molar-refractivity contribution in [1.29, 1.82) is 0 Å². The highest BCUT2D eigenvalue weighted by molar-refractivity contribution is 5.57. The topological polar surface area (TPSA) is 21.3 Å². The van der Waals surface area contributed by atoms with Gasteiger partial charge >= 0.3 is 0 Å². The van der Waals surface area contributed by atoms with Crippen molar-refractivity contribution in [2.45, 2.75) is 56.2 Å². The van der Waals surface area contributed by atoms with E-state index in [1.807, 2.05) is 0 Å². The molecule has 2 bridgehead atoms. The summed E-state index contributed by atoms with van der Waals surface area (Å²) in [5.41, 5.74) is 3.48. The molecule has 1 N–H and O–H groups in total. The number of rotatable bonds is 0. The highest BCUT2D eigenvalue weighted by atomic mass is 16.5. The minimum Gasteiger partial charge on any atom is -0.489 e. The molecule has 2 fully saturated rings. The zero-order valence-corrected chi connectivity index (χ0v) is 10.8. The van der Waals surface area contributed by atoms with Crippen LogP contribution in [0.1, 0.15) is 49.8 Å². The van der Waals surface area contributed by atoms with Crippen LogP contribution in [0.25, 0.3) is 0 Å². The van der Waals surface area contributed by atoms with Crippen LogP contribution >= 0.6 is 0 Å². The highest BCUT2D eigenvalue weighted by Crippen LogP contribution is 2.65. The molecule has 2 heteroatoms. The minimum absolute atomic E-state index is 0.361. The smallest absolute Gasteiger partial charge is 0.124 e. The molecule has 0 radical (unpaired) electrons. The van der Waals surface area contributed by atoms with Crippen LogP contribution in [0.5, 0.6) is 5.75 Å². The molecule has 1 saturated carbocycles. The van der Waals surface area contributed by atoms with Crippen LogP contribution in [-0.4, -0.2) is 12.1 Å². The molecule has 5 atom stereocenters. The molecule has 2 aliphatic heterocycles. The Hall–Kier alpha value is -1.02. The summed E-state index contributed by atoms with van der Waals surface area (Å²) in [6.07, 6.45) is 5.69. The van der Waals surface area contributed by atoms with Crippen LogP contribution in [0.2, 0.25) is 0 Å². The van der Waals surface area contributed by atoms with E-state index in [-0.39, 0.29) is 0 Å². The first-order chi connectivity index (χ1) is 8.80. The summed E-state index contributed by atoms with van der Waals surface area (Å²) in [4.78, 5) is 0. The third kappa shape index (κ3) is 0.871. The molecule has 0 amide bonds. The maximum atomic E-state index is 6.32. The van der Waals surface area contributed by atoms with Gasteiger partial charge in [-0.1, -0.05) is 12.1 Å². The molecule has 2 nitrogen and oxygen atoms in total. The molecular formula is C16H19NO. The molecule has 5 rings (SSSR count). The number of fused-ring (bicyclic) bond motifs is 2. The molecule has 18 heavy (non-hydrogen) atoms. The Bertz CT molecular complexity index is 540. The van der Waals surface area contributed by atoms with Gasteiger partial charge in [-0.15, -0.1) is 0 Å². The van der Waals surface area contributed by atoms with E-state index in [2.05, 4.69) is 30.4 Å². The van der Waals surface area contributed by atoms with E-state index in [0.717, 1.165) is 5.92 Å². The molecule has 1 aromatic carbocycles. The summed E-state index contributed by atoms with van der Waals surface area (Å²) < 4.78 is 6.32. The fraction of sp³-hybridized carbons (Fsp3) is 0.625. The normalized spacial score (nSPS) is 46.7. The summed E-state index contributed by atoms with van der Waals surface area (Å²) in [5.74, 6) is 1.97. The Kier molecular flexibility index (Phi) is 1.60. The third-order valence-electron chi connectivity index (χ3n) is 6.00. The zero-order valence-electron chi connectivity index (χ0n) is 10.8. The summed E-state index contributed by atoms with van der Waals surface area (Å²) in [6, 6.07) is 7.89. The lowest BCUT2D eigenvalue weighted by Gasteiger charge is -2.49. The van der Waals surface area contributed by atoms with Crippen molar-refractivity contribution in [2.75, 3.05) is 0 Å². The number of nitrogens with one attached hydrogen (secondary N) is 1. The predicted molar refractivity (Wildman–Crippen MR) is 69.8 cm³/mol. The average Bonchev–Trinajstić information content (AvgIpc) is 2.83. The van der Waals surface area contributed by atoms with E-state index < -0.39 is 0 Å². The summed E-state index contributed by atoms with van der Waals surface area (Å²) >= 11 is 0. The Morgan fingerprint density at radius 2 is 2.28 bits per heavy atom. The van der Waals surface area contributed by atoms with Gasteiger partial charge in [0.1, 0.15) is 11.9 Å². The van der Waals surface area contributed by atoms with Crippen LogP contribution in [0.4, 0.5) is 0 Å². The predicted octanol–water partition coefficient (Wildman–Crippen LogP) is 2.92. The van der Waals surface area contributed by atoms with Gasteiger partial charge in [0.2, 0.25) is 0 Å². The van der Waals surface area contributed by atoms with Crippen molar-refractivity contribution in [3.63, 3.8) is 0 Å². The van der Waals surface area contributed by atoms with Crippen LogP contribution < -0.4 is 10.1 Å². The van der Waals surface area contributed by atoms with E-state index in [4.69, 9.17) is 4.74 Å². The first-order valence-corrected chi connectivity index (χ1v) is 7.37. The quantitative estimate of drug-likeness (QED) is 0.754.